The SMILES string of the molecule is O=C(c1cccc(-n2cnnn2)c1)N1CC(N2C(=O)COC2=O)C1. The van der Waals surface area contributed by atoms with Gasteiger partial charge < -0.3 is 9.64 Å². The van der Waals surface area contributed by atoms with Crippen LogP contribution in [0.4, 0.5) is 4.79 Å². The minimum atomic E-state index is -0.641. The summed E-state index contributed by atoms with van der Waals surface area (Å²) in [5.41, 5.74) is 1.15. The van der Waals surface area contributed by atoms with E-state index >= 15 is 0 Å². The number of tetrazole rings is 1. The van der Waals surface area contributed by atoms with Gasteiger partial charge in [-0.15, -0.1) is 5.10 Å². The molecule has 3 amide bonds. The molecule has 122 valence electrons. The van der Waals surface area contributed by atoms with Gasteiger partial charge in [-0.2, -0.15) is 0 Å². The zero-order valence-corrected chi connectivity index (χ0v) is 12.4. The topological polar surface area (TPSA) is 111 Å². The Bertz CT molecular complexity index is 798. The quantitative estimate of drug-likeness (QED) is 0.744. The lowest BCUT2D eigenvalue weighted by molar-refractivity contribution is -0.129. The van der Waals surface area contributed by atoms with E-state index in [2.05, 4.69) is 20.3 Å². The van der Waals surface area contributed by atoms with Gasteiger partial charge in [0.2, 0.25) is 0 Å². The molecule has 0 aliphatic carbocycles. The molecule has 2 aromatic rings. The molecule has 3 heterocycles. The molecule has 0 saturated carbocycles. The Hall–Kier alpha value is -3.30. The average Bonchev–Trinajstić information content (AvgIpc) is 3.19. The van der Waals surface area contributed by atoms with Crippen molar-refractivity contribution in [2.75, 3.05) is 19.7 Å². The van der Waals surface area contributed by atoms with Gasteiger partial charge in [0.05, 0.1) is 11.7 Å². The van der Waals surface area contributed by atoms with Crippen molar-refractivity contribution >= 4 is 17.9 Å². The minimum absolute atomic E-state index is 0.179. The Morgan fingerprint density at radius 3 is 2.75 bits per heavy atom. The molecule has 1 aromatic carbocycles. The summed E-state index contributed by atoms with van der Waals surface area (Å²) < 4.78 is 6.14. The summed E-state index contributed by atoms with van der Waals surface area (Å²) in [6, 6.07) is 6.58. The van der Waals surface area contributed by atoms with Crippen LogP contribution in [-0.4, -0.2) is 73.7 Å². The normalized spacial score (nSPS) is 17.8. The first-order valence-electron chi connectivity index (χ1n) is 7.25. The second-order valence-electron chi connectivity index (χ2n) is 5.49. The van der Waals surface area contributed by atoms with Crippen LogP contribution in [0.1, 0.15) is 10.4 Å². The Morgan fingerprint density at radius 2 is 2.08 bits per heavy atom. The molecule has 0 radical (unpaired) electrons. The van der Waals surface area contributed by atoms with Crippen LogP contribution in [0, 0.1) is 0 Å². The summed E-state index contributed by atoms with van der Waals surface area (Å²) in [5, 5.41) is 10.9. The molecular formula is C14H12N6O4. The van der Waals surface area contributed by atoms with Gasteiger partial charge in [-0.3, -0.25) is 9.59 Å². The predicted molar refractivity (Wildman–Crippen MR) is 77.0 cm³/mol. The number of aromatic nitrogens is 4. The molecule has 0 N–H and O–H groups in total. The first kappa shape index (κ1) is 14.3. The molecule has 0 bridgehead atoms. The van der Waals surface area contributed by atoms with Crippen molar-refractivity contribution in [1.82, 2.24) is 30.0 Å². The Labute approximate surface area is 135 Å². The number of hydrogen-bond donors (Lipinski definition) is 0. The standard InChI is InChI=1S/C14H12N6O4/c21-12-7-24-14(23)20(12)11-5-18(6-11)13(22)9-2-1-3-10(4-9)19-8-15-16-17-19/h1-4,8,11H,5-7H2. The zero-order valence-electron chi connectivity index (χ0n) is 12.4. The number of cyclic esters (lactones) is 1. The summed E-state index contributed by atoms with van der Waals surface area (Å²) in [5.74, 6) is -0.543. The number of amides is 3. The molecule has 4 rings (SSSR count). The van der Waals surface area contributed by atoms with Crippen LogP contribution in [-0.2, 0) is 9.53 Å². The fraction of sp³-hybridized carbons (Fsp3) is 0.286. The fourth-order valence-corrected chi connectivity index (χ4v) is 2.75. The number of imide groups is 1. The van der Waals surface area contributed by atoms with Crippen molar-refractivity contribution in [2.45, 2.75) is 6.04 Å². The number of carbonyl (C=O) groups excluding carboxylic acids is 3. The van der Waals surface area contributed by atoms with Crippen LogP contribution in [0.25, 0.3) is 5.69 Å². The lowest BCUT2D eigenvalue weighted by Crippen LogP contribution is -2.62. The molecular weight excluding hydrogens is 316 g/mol. The number of carbonyl (C=O) groups is 3. The minimum Gasteiger partial charge on any atom is -0.439 e. The summed E-state index contributed by atoms with van der Waals surface area (Å²) in [4.78, 5) is 38.3. The van der Waals surface area contributed by atoms with Crippen LogP contribution < -0.4 is 0 Å². The number of hydrogen-bond acceptors (Lipinski definition) is 7. The molecule has 10 heteroatoms. The second-order valence-corrected chi connectivity index (χ2v) is 5.49. The van der Waals surface area contributed by atoms with Gasteiger partial charge in [0, 0.05) is 18.7 Å². The van der Waals surface area contributed by atoms with Gasteiger partial charge >= 0.3 is 6.09 Å². The van der Waals surface area contributed by atoms with Crippen molar-refractivity contribution in [1.29, 1.82) is 0 Å². The Morgan fingerprint density at radius 1 is 1.25 bits per heavy atom. The van der Waals surface area contributed by atoms with Gasteiger partial charge in [-0.1, -0.05) is 6.07 Å². The predicted octanol–water partition coefficient (Wildman–Crippen LogP) is -0.534. The summed E-state index contributed by atoms with van der Waals surface area (Å²) in [7, 11) is 0. The van der Waals surface area contributed by atoms with E-state index in [-0.39, 0.29) is 24.5 Å². The highest BCUT2D eigenvalue weighted by molar-refractivity contribution is 5.99. The molecule has 1 aromatic heterocycles. The summed E-state index contributed by atoms with van der Waals surface area (Å²) >= 11 is 0. The van der Waals surface area contributed by atoms with Crippen molar-refractivity contribution < 1.29 is 19.1 Å². The third-order valence-corrected chi connectivity index (χ3v) is 4.01. The van der Waals surface area contributed by atoms with E-state index < -0.39 is 6.09 Å². The van der Waals surface area contributed by atoms with Crippen LogP contribution >= 0.6 is 0 Å². The zero-order chi connectivity index (χ0) is 16.7. The van der Waals surface area contributed by atoms with Crippen LogP contribution in [0.2, 0.25) is 0 Å². The van der Waals surface area contributed by atoms with Gasteiger partial charge in [0.25, 0.3) is 11.8 Å². The molecule has 10 nitrogen and oxygen atoms in total. The van der Waals surface area contributed by atoms with Gasteiger partial charge in [0.15, 0.2) is 6.61 Å². The molecule has 24 heavy (non-hydrogen) atoms. The van der Waals surface area contributed by atoms with Crippen molar-refractivity contribution in [3.63, 3.8) is 0 Å². The molecule has 2 fully saturated rings. The maximum atomic E-state index is 12.5. The Balaban J connectivity index is 1.45. The lowest BCUT2D eigenvalue weighted by atomic mass is 10.0. The fourth-order valence-electron chi connectivity index (χ4n) is 2.75. The molecule has 2 aliphatic heterocycles. The molecule has 0 unspecified atom stereocenters. The highest BCUT2D eigenvalue weighted by Gasteiger charge is 2.44. The lowest BCUT2D eigenvalue weighted by Gasteiger charge is -2.42. The monoisotopic (exact) mass is 328 g/mol. The molecule has 2 saturated heterocycles. The van der Waals surface area contributed by atoms with Gasteiger partial charge in [-0.25, -0.2) is 14.4 Å². The number of rotatable bonds is 3. The van der Waals surface area contributed by atoms with Crippen LogP contribution in [0.15, 0.2) is 30.6 Å². The first-order valence-corrected chi connectivity index (χ1v) is 7.25. The number of likely N-dealkylation sites (tertiary alicyclic amines) is 1. The smallest absolute Gasteiger partial charge is 0.417 e. The van der Waals surface area contributed by atoms with Crippen LogP contribution in [0.5, 0.6) is 0 Å². The van der Waals surface area contributed by atoms with Crippen LogP contribution in [0.3, 0.4) is 0 Å². The van der Waals surface area contributed by atoms with E-state index in [9.17, 15) is 14.4 Å². The first-order chi connectivity index (χ1) is 11.6. The molecule has 0 atom stereocenters. The average molecular weight is 328 g/mol. The van der Waals surface area contributed by atoms with Gasteiger partial charge in [-0.05, 0) is 28.6 Å². The number of benzene rings is 1. The maximum Gasteiger partial charge on any atom is 0.417 e. The van der Waals surface area contributed by atoms with Gasteiger partial charge in [0.1, 0.15) is 6.33 Å². The van der Waals surface area contributed by atoms with E-state index in [0.29, 0.717) is 24.3 Å². The van der Waals surface area contributed by atoms with E-state index in [1.54, 1.807) is 29.2 Å². The molecule has 0 spiro atoms. The van der Waals surface area contributed by atoms with E-state index in [1.807, 2.05) is 0 Å². The maximum absolute atomic E-state index is 12.5. The largest absolute Gasteiger partial charge is 0.439 e. The van der Waals surface area contributed by atoms with E-state index in [1.165, 1.54) is 11.0 Å². The number of ether oxygens (including phenoxy) is 1. The molecule has 2 aliphatic rings. The van der Waals surface area contributed by atoms with E-state index in [0.717, 1.165) is 4.90 Å². The second kappa shape index (κ2) is 5.41. The van der Waals surface area contributed by atoms with Crippen molar-refractivity contribution in [2.24, 2.45) is 0 Å². The summed E-state index contributed by atoms with van der Waals surface area (Å²) in [6.45, 7) is 0.376. The highest BCUT2D eigenvalue weighted by Crippen LogP contribution is 2.22. The highest BCUT2D eigenvalue weighted by atomic mass is 16.6. The Kier molecular flexibility index (Phi) is 3.22. The third kappa shape index (κ3) is 2.28. The van der Waals surface area contributed by atoms with Crippen molar-refractivity contribution in [3.8, 4) is 5.69 Å². The van der Waals surface area contributed by atoms with E-state index in [4.69, 9.17) is 0 Å². The summed E-state index contributed by atoms with van der Waals surface area (Å²) in [6.07, 6.45) is 0.797. The number of nitrogens with zero attached hydrogens (tertiary/aromatic N) is 6. The van der Waals surface area contributed by atoms with Crippen molar-refractivity contribution in [3.05, 3.63) is 36.2 Å². The third-order valence-electron chi connectivity index (χ3n) is 4.01.